The van der Waals surface area contributed by atoms with Gasteiger partial charge in [-0.3, -0.25) is 24.3 Å². The van der Waals surface area contributed by atoms with Crippen LogP contribution in [0.3, 0.4) is 0 Å². The average molecular weight is 477 g/mol. The molecular formula is C26H28N4O5. The molecule has 2 aromatic heterocycles. The minimum absolute atomic E-state index is 0.0557. The van der Waals surface area contributed by atoms with Gasteiger partial charge in [0.15, 0.2) is 5.76 Å². The molecule has 3 amide bonds. The zero-order valence-corrected chi connectivity index (χ0v) is 19.5. The summed E-state index contributed by atoms with van der Waals surface area (Å²) in [6, 6.07) is 12.6. The number of carbonyl (C=O) groups excluding carboxylic acids is 3. The van der Waals surface area contributed by atoms with Crippen LogP contribution in [0.1, 0.15) is 47.8 Å². The van der Waals surface area contributed by atoms with E-state index in [1.165, 1.54) is 23.4 Å². The number of hydrogen-bond acceptors (Lipinski definition) is 6. The van der Waals surface area contributed by atoms with Gasteiger partial charge >= 0.3 is 0 Å². The fraction of sp³-hybridized carbons (Fsp3) is 0.308. The Kier molecular flexibility index (Phi) is 7.77. The Morgan fingerprint density at radius 1 is 1.14 bits per heavy atom. The van der Waals surface area contributed by atoms with Gasteiger partial charge in [-0.25, -0.2) is 0 Å². The Hall–Kier alpha value is -4.14. The highest BCUT2D eigenvalue weighted by atomic mass is 16.5. The third-order valence-corrected chi connectivity index (χ3v) is 5.96. The normalized spacial score (nSPS) is 14.2. The SMILES string of the molecule is COc1cccc([C@@H](C(=O)NC2CCCC2)N(C(=O)CNC(=O)c2ccco2)c2cccnc2)c1. The maximum absolute atomic E-state index is 13.7. The molecule has 1 aliphatic carbocycles. The van der Waals surface area contributed by atoms with Gasteiger partial charge in [-0.1, -0.05) is 25.0 Å². The number of pyridine rings is 1. The van der Waals surface area contributed by atoms with Gasteiger partial charge < -0.3 is 19.8 Å². The molecule has 0 bridgehead atoms. The summed E-state index contributed by atoms with van der Waals surface area (Å²) < 4.78 is 10.5. The van der Waals surface area contributed by atoms with E-state index in [4.69, 9.17) is 9.15 Å². The van der Waals surface area contributed by atoms with Gasteiger partial charge in [0.05, 0.1) is 31.8 Å². The van der Waals surface area contributed by atoms with Gasteiger partial charge in [-0.2, -0.15) is 0 Å². The molecule has 0 saturated heterocycles. The number of amides is 3. The first-order valence-electron chi connectivity index (χ1n) is 11.5. The highest BCUT2D eigenvalue weighted by Crippen LogP contribution is 2.30. The summed E-state index contributed by atoms with van der Waals surface area (Å²) in [5, 5.41) is 5.69. The molecule has 1 saturated carbocycles. The number of aromatic nitrogens is 1. The lowest BCUT2D eigenvalue weighted by Gasteiger charge is -2.32. The molecule has 0 spiro atoms. The Bertz CT molecular complexity index is 1140. The molecule has 2 N–H and O–H groups in total. The van der Waals surface area contributed by atoms with Crippen molar-refractivity contribution in [2.45, 2.75) is 37.8 Å². The van der Waals surface area contributed by atoms with Crippen LogP contribution in [0.5, 0.6) is 5.75 Å². The van der Waals surface area contributed by atoms with E-state index in [0.29, 0.717) is 17.0 Å². The number of furan rings is 1. The van der Waals surface area contributed by atoms with Crippen molar-refractivity contribution in [1.82, 2.24) is 15.6 Å². The second-order valence-corrected chi connectivity index (χ2v) is 8.30. The quantitative estimate of drug-likeness (QED) is 0.490. The van der Waals surface area contributed by atoms with Crippen molar-refractivity contribution in [3.63, 3.8) is 0 Å². The molecule has 1 aliphatic rings. The second kappa shape index (κ2) is 11.3. The first-order valence-corrected chi connectivity index (χ1v) is 11.5. The van der Waals surface area contributed by atoms with E-state index < -0.39 is 17.9 Å². The fourth-order valence-corrected chi connectivity index (χ4v) is 4.25. The van der Waals surface area contributed by atoms with E-state index in [2.05, 4.69) is 15.6 Å². The molecule has 1 fully saturated rings. The lowest BCUT2D eigenvalue weighted by Crippen LogP contribution is -2.49. The highest BCUT2D eigenvalue weighted by Gasteiger charge is 2.34. The standard InChI is InChI=1S/C26H28N4O5/c1-34-21-11-4-7-18(15-21)24(26(33)29-19-8-2-3-9-19)30(20-10-5-13-27-16-20)23(31)17-28-25(32)22-12-6-14-35-22/h4-7,10-16,19,24H,2-3,8-9,17H2,1H3,(H,28,32)(H,29,33)/t24-/m0/s1. The van der Waals surface area contributed by atoms with Crippen molar-refractivity contribution in [1.29, 1.82) is 0 Å². The monoisotopic (exact) mass is 476 g/mol. The topological polar surface area (TPSA) is 114 Å². The molecule has 4 rings (SSSR count). The van der Waals surface area contributed by atoms with Crippen molar-refractivity contribution in [2.75, 3.05) is 18.6 Å². The molecule has 35 heavy (non-hydrogen) atoms. The number of rotatable bonds is 9. The minimum Gasteiger partial charge on any atom is -0.497 e. The lowest BCUT2D eigenvalue weighted by molar-refractivity contribution is -0.126. The van der Waals surface area contributed by atoms with Crippen molar-refractivity contribution in [3.05, 3.63) is 78.5 Å². The molecule has 1 aromatic carbocycles. The first-order chi connectivity index (χ1) is 17.1. The molecule has 0 aliphatic heterocycles. The van der Waals surface area contributed by atoms with Crippen LogP contribution in [0.2, 0.25) is 0 Å². The third kappa shape index (κ3) is 5.87. The van der Waals surface area contributed by atoms with Gasteiger partial charge in [0.1, 0.15) is 11.8 Å². The molecule has 3 aromatic rings. The largest absolute Gasteiger partial charge is 0.497 e. The molecule has 9 heteroatoms. The van der Waals surface area contributed by atoms with Crippen molar-refractivity contribution in [2.24, 2.45) is 0 Å². The smallest absolute Gasteiger partial charge is 0.287 e. The summed E-state index contributed by atoms with van der Waals surface area (Å²) >= 11 is 0. The summed E-state index contributed by atoms with van der Waals surface area (Å²) in [5.74, 6) is -0.658. The van der Waals surface area contributed by atoms with Crippen molar-refractivity contribution >= 4 is 23.4 Å². The lowest BCUT2D eigenvalue weighted by atomic mass is 10.0. The Morgan fingerprint density at radius 3 is 2.66 bits per heavy atom. The summed E-state index contributed by atoms with van der Waals surface area (Å²) in [7, 11) is 1.54. The predicted octanol–water partition coefficient (Wildman–Crippen LogP) is 3.25. The van der Waals surface area contributed by atoms with Crippen LogP contribution in [0.25, 0.3) is 0 Å². The van der Waals surface area contributed by atoms with Gasteiger partial charge in [0.2, 0.25) is 11.8 Å². The number of nitrogens with zero attached hydrogens (tertiary/aromatic N) is 2. The summed E-state index contributed by atoms with van der Waals surface area (Å²) in [6.45, 7) is -0.342. The molecule has 2 heterocycles. The summed E-state index contributed by atoms with van der Waals surface area (Å²) in [4.78, 5) is 45.1. The van der Waals surface area contributed by atoms with Crippen molar-refractivity contribution in [3.8, 4) is 5.75 Å². The van der Waals surface area contributed by atoms with E-state index in [9.17, 15) is 14.4 Å². The highest BCUT2D eigenvalue weighted by molar-refractivity contribution is 6.04. The summed E-state index contributed by atoms with van der Waals surface area (Å²) in [6.07, 6.45) is 8.39. The van der Waals surface area contributed by atoms with Crippen LogP contribution in [-0.4, -0.2) is 42.4 Å². The third-order valence-electron chi connectivity index (χ3n) is 5.96. The minimum atomic E-state index is -0.997. The van der Waals surface area contributed by atoms with E-state index >= 15 is 0 Å². The average Bonchev–Trinajstić information content (AvgIpc) is 3.61. The number of benzene rings is 1. The molecule has 0 radical (unpaired) electrons. The molecule has 0 unspecified atom stereocenters. The van der Waals surface area contributed by atoms with E-state index in [0.717, 1.165) is 25.7 Å². The molecule has 182 valence electrons. The zero-order chi connectivity index (χ0) is 24.6. The number of anilines is 1. The Morgan fingerprint density at radius 2 is 1.97 bits per heavy atom. The van der Waals surface area contributed by atoms with E-state index in [-0.39, 0.29) is 24.3 Å². The van der Waals surface area contributed by atoms with Gasteiger partial charge in [0.25, 0.3) is 5.91 Å². The van der Waals surface area contributed by atoms with Crippen LogP contribution in [0, 0.1) is 0 Å². The van der Waals surface area contributed by atoms with Gasteiger partial charge in [-0.05, 0) is 54.8 Å². The number of nitrogens with one attached hydrogen (secondary N) is 2. The van der Waals surface area contributed by atoms with Crippen LogP contribution in [0.4, 0.5) is 5.69 Å². The fourth-order valence-electron chi connectivity index (χ4n) is 4.25. The zero-order valence-electron chi connectivity index (χ0n) is 19.5. The van der Waals surface area contributed by atoms with Gasteiger partial charge in [0, 0.05) is 12.2 Å². The predicted molar refractivity (Wildman–Crippen MR) is 129 cm³/mol. The molecule has 1 atom stereocenters. The number of ether oxygens (including phenoxy) is 1. The van der Waals surface area contributed by atoms with Crippen LogP contribution >= 0.6 is 0 Å². The van der Waals surface area contributed by atoms with Crippen LogP contribution in [-0.2, 0) is 9.59 Å². The Labute approximate surface area is 203 Å². The van der Waals surface area contributed by atoms with Crippen LogP contribution < -0.4 is 20.3 Å². The molecular weight excluding hydrogens is 448 g/mol. The Balaban J connectivity index is 1.68. The maximum atomic E-state index is 13.7. The van der Waals surface area contributed by atoms with Crippen LogP contribution in [0.15, 0.2) is 71.6 Å². The number of methoxy groups -OCH3 is 1. The summed E-state index contributed by atoms with van der Waals surface area (Å²) in [5.41, 5.74) is 1.01. The second-order valence-electron chi connectivity index (χ2n) is 8.30. The van der Waals surface area contributed by atoms with Crippen molar-refractivity contribution < 1.29 is 23.5 Å². The van der Waals surface area contributed by atoms with E-state index in [1.54, 1.807) is 55.8 Å². The van der Waals surface area contributed by atoms with E-state index in [1.807, 2.05) is 0 Å². The first kappa shape index (κ1) is 24.0. The number of carbonyl (C=O) groups is 3. The van der Waals surface area contributed by atoms with Gasteiger partial charge in [-0.15, -0.1) is 0 Å². The molecule has 9 nitrogen and oxygen atoms in total. The maximum Gasteiger partial charge on any atom is 0.287 e. The number of hydrogen-bond donors (Lipinski definition) is 2.